The van der Waals surface area contributed by atoms with E-state index in [-0.39, 0.29) is 5.54 Å². The molecular formula is C26H26BrClN2O3. The summed E-state index contributed by atoms with van der Waals surface area (Å²) >= 11 is 9.36. The van der Waals surface area contributed by atoms with Gasteiger partial charge in [-0.2, -0.15) is 0 Å². The Kier molecular flexibility index (Phi) is 7.82. The smallest absolute Gasteiger partial charge is 0.335 e. The average molecular weight is 530 g/mol. The van der Waals surface area contributed by atoms with Gasteiger partial charge in [0.15, 0.2) is 5.75 Å². The van der Waals surface area contributed by atoms with Crippen LogP contribution >= 0.6 is 27.5 Å². The molecule has 7 heteroatoms. The lowest BCUT2D eigenvalue weighted by atomic mass is 9.91. The molecule has 33 heavy (non-hydrogen) atoms. The molecule has 1 aliphatic rings. The Morgan fingerprint density at radius 2 is 2.06 bits per heavy atom. The summed E-state index contributed by atoms with van der Waals surface area (Å²) in [5, 5.41) is 4.77. The van der Waals surface area contributed by atoms with Gasteiger partial charge in [0.05, 0.1) is 21.6 Å². The molecule has 1 aliphatic heterocycles. The van der Waals surface area contributed by atoms with Crippen molar-refractivity contribution in [2.24, 2.45) is 0 Å². The first-order chi connectivity index (χ1) is 15.6. The maximum Gasteiger partial charge on any atom is 0.335 e. The van der Waals surface area contributed by atoms with E-state index in [9.17, 15) is 4.79 Å². The van der Waals surface area contributed by atoms with Crippen molar-refractivity contribution in [3.63, 3.8) is 0 Å². The first-order valence-electron chi connectivity index (χ1n) is 10.5. The maximum absolute atomic E-state index is 11.2. The third-order valence-electron chi connectivity index (χ3n) is 4.88. The zero-order valence-electron chi connectivity index (χ0n) is 19.0. The van der Waals surface area contributed by atoms with Gasteiger partial charge in [0, 0.05) is 28.9 Å². The van der Waals surface area contributed by atoms with Gasteiger partial charge in [-0.3, -0.25) is 4.98 Å². The molecule has 0 atom stereocenters. The molecule has 0 spiro atoms. The number of allylic oxidation sites excluding steroid dienone is 1. The highest BCUT2D eigenvalue weighted by molar-refractivity contribution is 9.10. The molecule has 2 aromatic carbocycles. The molecule has 0 amide bonds. The summed E-state index contributed by atoms with van der Waals surface area (Å²) in [6.45, 7) is 12.6. The van der Waals surface area contributed by atoms with E-state index in [0.29, 0.717) is 27.4 Å². The van der Waals surface area contributed by atoms with E-state index in [4.69, 9.17) is 21.1 Å². The first-order valence-corrected chi connectivity index (χ1v) is 11.6. The number of hydrogen-bond acceptors (Lipinski definition) is 5. The van der Waals surface area contributed by atoms with Gasteiger partial charge in [0.2, 0.25) is 0 Å². The number of rotatable bonds is 4. The lowest BCUT2D eigenvalue weighted by Crippen LogP contribution is -2.31. The second kappa shape index (κ2) is 10.4. The fraction of sp³-hybridized carbons (Fsp3) is 0.231. The third kappa shape index (κ3) is 5.95. The minimum atomic E-state index is -0.542. The highest BCUT2D eigenvalue weighted by atomic mass is 79.9. The summed E-state index contributed by atoms with van der Waals surface area (Å²) in [6, 6.07) is 11.5. The number of pyridine rings is 1. The van der Waals surface area contributed by atoms with Gasteiger partial charge in [0.25, 0.3) is 0 Å². The third-order valence-corrected chi connectivity index (χ3v) is 5.78. The van der Waals surface area contributed by atoms with E-state index in [0.717, 1.165) is 17.2 Å². The molecule has 1 N–H and O–H groups in total. The van der Waals surface area contributed by atoms with Crippen LogP contribution in [0.5, 0.6) is 11.5 Å². The van der Waals surface area contributed by atoms with Crippen LogP contribution in [0.3, 0.4) is 0 Å². The van der Waals surface area contributed by atoms with Crippen LogP contribution in [-0.4, -0.2) is 23.1 Å². The number of hydrogen-bond donors (Lipinski definition) is 1. The second-order valence-corrected chi connectivity index (χ2v) is 9.27. The number of esters is 1. The van der Waals surface area contributed by atoms with Gasteiger partial charge in [-0.05, 0) is 85.6 Å². The number of benzene rings is 2. The molecule has 172 valence electrons. The fourth-order valence-electron chi connectivity index (χ4n) is 3.60. The number of carbonyl (C=O) groups excluding carboxylic acids is 1. The normalized spacial score (nSPS) is 13.6. The number of aromatic nitrogens is 1. The van der Waals surface area contributed by atoms with Crippen LogP contribution in [0, 0.1) is 0 Å². The van der Waals surface area contributed by atoms with Gasteiger partial charge in [-0.1, -0.05) is 24.3 Å². The van der Waals surface area contributed by atoms with E-state index in [1.807, 2.05) is 19.1 Å². The quantitative estimate of drug-likeness (QED) is 0.216. The minimum absolute atomic E-state index is 0.0320. The molecular weight excluding hydrogens is 504 g/mol. The zero-order chi connectivity index (χ0) is 24.2. The summed E-state index contributed by atoms with van der Waals surface area (Å²) in [6.07, 6.45) is 4.96. The highest BCUT2D eigenvalue weighted by Crippen LogP contribution is 2.37. The van der Waals surface area contributed by atoms with Gasteiger partial charge in [0.1, 0.15) is 11.3 Å². The molecule has 1 aromatic heterocycles. The van der Waals surface area contributed by atoms with Crippen molar-refractivity contribution in [1.29, 1.82) is 0 Å². The van der Waals surface area contributed by atoms with Crippen molar-refractivity contribution in [2.45, 2.75) is 33.2 Å². The van der Waals surface area contributed by atoms with Crippen LogP contribution in [0.25, 0.3) is 16.5 Å². The summed E-state index contributed by atoms with van der Waals surface area (Å²) in [5.74, 6) is 0.741. The van der Waals surface area contributed by atoms with E-state index >= 15 is 0 Å². The highest BCUT2D eigenvalue weighted by Gasteiger charge is 2.22. The Morgan fingerprint density at radius 3 is 2.76 bits per heavy atom. The van der Waals surface area contributed by atoms with E-state index in [1.165, 1.54) is 16.8 Å². The van der Waals surface area contributed by atoms with Crippen molar-refractivity contribution in [1.82, 2.24) is 4.98 Å². The van der Waals surface area contributed by atoms with Gasteiger partial charge >= 0.3 is 5.97 Å². The Bertz CT molecular complexity index is 1240. The van der Waals surface area contributed by atoms with E-state index in [2.05, 4.69) is 71.8 Å². The molecule has 0 saturated carbocycles. The molecule has 0 radical (unpaired) electrons. The summed E-state index contributed by atoms with van der Waals surface area (Å²) in [4.78, 5) is 15.4. The monoisotopic (exact) mass is 528 g/mol. The van der Waals surface area contributed by atoms with E-state index < -0.39 is 5.97 Å². The predicted octanol–water partition coefficient (Wildman–Crippen LogP) is 7.43. The van der Waals surface area contributed by atoms with Crippen LogP contribution in [0.1, 0.15) is 33.3 Å². The lowest BCUT2D eigenvalue weighted by Gasteiger charge is -2.31. The number of fused-ring (bicyclic) bond motifs is 2. The molecule has 0 aliphatic carbocycles. The minimum Gasteiger partial charge on any atom is -0.494 e. The molecule has 2 heterocycles. The van der Waals surface area contributed by atoms with Crippen LogP contribution in [0.2, 0.25) is 5.02 Å². The van der Waals surface area contributed by atoms with Crippen LogP contribution in [-0.2, 0) is 4.79 Å². The van der Waals surface area contributed by atoms with E-state index in [1.54, 1.807) is 18.3 Å². The van der Waals surface area contributed by atoms with Gasteiger partial charge in [-0.15, -0.1) is 0 Å². The van der Waals surface area contributed by atoms with Crippen LogP contribution in [0.4, 0.5) is 5.69 Å². The number of nitrogens with zero attached hydrogens (tertiary/aromatic N) is 1. The maximum atomic E-state index is 11.2. The number of halogens is 2. The molecule has 3 aromatic rings. The van der Waals surface area contributed by atoms with Crippen molar-refractivity contribution in [2.75, 3.05) is 11.9 Å². The summed E-state index contributed by atoms with van der Waals surface area (Å²) in [7, 11) is 0. The summed E-state index contributed by atoms with van der Waals surface area (Å²) in [5.41, 5.74) is 4.30. The van der Waals surface area contributed by atoms with Crippen molar-refractivity contribution in [3.8, 4) is 11.5 Å². The van der Waals surface area contributed by atoms with Crippen molar-refractivity contribution < 1.29 is 14.3 Å². The predicted molar refractivity (Wildman–Crippen MR) is 139 cm³/mol. The van der Waals surface area contributed by atoms with Gasteiger partial charge < -0.3 is 14.8 Å². The lowest BCUT2D eigenvalue weighted by molar-refractivity contribution is -0.128. The topological polar surface area (TPSA) is 60.5 Å². The number of nitrogens with one attached hydrogen (secondary N) is 1. The van der Waals surface area contributed by atoms with Crippen LogP contribution in [0.15, 0.2) is 65.8 Å². The number of ether oxygens (including phenoxy) is 2. The SMILES string of the molecule is C=CC(=O)Oc1c(Br)cc(Cl)c2cccnc12.CCOc1ccc2c(c1)C(C)=CC(C)(C)N2. The Morgan fingerprint density at radius 1 is 1.30 bits per heavy atom. The largest absolute Gasteiger partial charge is 0.494 e. The average Bonchev–Trinajstić information content (AvgIpc) is 2.77. The molecule has 5 nitrogen and oxygen atoms in total. The fourth-order valence-corrected chi connectivity index (χ4v) is 4.49. The number of carbonyl (C=O) groups is 1. The zero-order valence-corrected chi connectivity index (χ0v) is 21.4. The van der Waals surface area contributed by atoms with Crippen molar-refractivity contribution >= 4 is 55.7 Å². The Balaban J connectivity index is 0.000000186. The molecule has 0 bridgehead atoms. The first kappa shape index (κ1) is 24.8. The van der Waals surface area contributed by atoms with Gasteiger partial charge in [-0.25, -0.2) is 4.79 Å². The molecule has 0 saturated heterocycles. The van der Waals surface area contributed by atoms with Crippen LogP contribution < -0.4 is 14.8 Å². The second-order valence-electron chi connectivity index (χ2n) is 8.01. The standard InChI is InChI=1S/C14H19NO.C12H7BrClNO2/c1-5-16-11-6-7-13-12(8-11)10(2)9-14(3,4)15-13;1-2-10(16)17-12-8(13)6-9(14)7-4-3-5-15-11(7)12/h6-9,15H,5H2,1-4H3;2-6H,1H2. The Labute approximate surface area is 207 Å². The Hall–Kier alpha value is -2.83. The van der Waals surface area contributed by atoms with Crippen molar-refractivity contribution in [3.05, 3.63) is 76.4 Å². The molecule has 0 fully saturated rings. The molecule has 0 unspecified atom stereocenters. The molecule has 4 rings (SSSR count). The summed E-state index contributed by atoms with van der Waals surface area (Å²) < 4.78 is 11.2. The number of anilines is 1.